The third-order valence-electron chi connectivity index (χ3n) is 7.56. The third-order valence-corrected chi connectivity index (χ3v) is 7.56. The van der Waals surface area contributed by atoms with Crippen LogP contribution >= 0.6 is 0 Å². The number of amides is 3. The molecule has 3 aliphatic heterocycles. The second kappa shape index (κ2) is 9.67. The van der Waals surface area contributed by atoms with Crippen LogP contribution in [-0.4, -0.2) is 74.0 Å². The Kier molecular flexibility index (Phi) is 6.29. The first-order chi connectivity index (χ1) is 18.7. The van der Waals surface area contributed by atoms with E-state index in [2.05, 4.69) is 20.8 Å². The fourth-order valence-electron chi connectivity index (χ4n) is 5.67. The molecule has 3 N–H and O–H groups in total. The van der Waals surface area contributed by atoms with Crippen LogP contribution < -0.4 is 10.6 Å². The molecule has 3 aromatic rings. The van der Waals surface area contributed by atoms with Gasteiger partial charge in [-0.2, -0.15) is 5.10 Å². The zero-order valence-electron chi connectivity index (χ0n) is 21.7. The minimum absolute atomic E-state index is 0.0766. The summed E-state index contributed by atoms with van der Waals surface area (Å²) in [7, 11) is 0. The van der Waals surface area contributed by atoms with Gasteiger partial charge in [-0.05, 0) is 50.5 Å². The number of fused-ring (bicyclic) bond motifs is 2. The van der Waals surface area contributed by atoms with Crippen LogP contribution in [-0.2, 0) is 22.7 Å². The summed E-state index contributed by atoms with van der Waals surface area (Å²) in [6.07, 6.45) is -0.0839. The lowest BCUT2D eigenvalue weighted by atomic mass is 10.0. The van der Waals surface area contributed by atoms with Gasteiger partial charge < -0.3 is 10.2 Å². The van der Waals surface area contributed by atoms with Crippen LogP contribution in [0.15, 0.2) is 18.2 Å². The molecule has 2 fully saturated rings. The monoisotopic (exact) mass is 537 g/mol. The van der Waals surface area contributed by atoms with E-state index < -0.39 is 29.8 Å². The highest BCUT2D eigenvalue weighted by molar-refractivity contribution is 6.05. The van der Waals surface area contributed by atoms with Crippen molar-refractivity contribution in [2.24, 2.45) is 0 Å². The summed E-state index contributed by atoms with van der Waals surface area (Å²) in [5, 5.41) is 12.9. The van der Waals surface area contributed by atoms with Gasteiger partial charge in [0.05, 0.1) is 17.8 Å². The highest BCUT2D eigenvalue weighted by Crippen LogP contribution is 2.36. The van der Waals surface area contributed by atoms with Gasteiger partial charge in [-0.25, -0.2) is 13.8 Å². The van der Waals surface area contributed by atoms with E-state index in [1.807, 2.05) is 18.7 Å². The first-order valence-corrected chi connectivity index (χ1v) is 13.2. The lowest BCUT2D eigenvalue weighted by Gasteiger charge is -2.29. The minimum atomic E-state index is -0.874. The molecule has 39 heavy (non-hydrogen) atoms. The number of halogens is 2. The molecule has 3 aliphatic rings. The van der Waals surface area contributed by atoms with Gasteiger partial charge in [0.2, 0.25) is 11.8 Å². The van der Waals surface area contributed by atoms with E-state index >= 15 is 4.39 Å². The van der Waals surface area contributed by atoms with Gasteiger partial charge >= 0.3 is 0 Å². The molecule has 5 heterocycles. The van der Waals surface area contributed by atoms with E-state index in [9.17, 15) is 18.8 Å². The van der Waals surface area contributed by atoms with E-state index in [-0.39, 0.29) is 48.0 Å². The van der Waals surface area contributed by atoms with Crippen LogP contribution in [0.4, 0.5) is 14.6 Å². The molecule has 2 saturated heterocycles. The lowest BCUT2D eigenvalue weighted by molar-refractivity contribution is -0.136. The summed E-state index contributed by atoms with van der Waals surface area (Å²) in [4.78, 5) is 45.2. The number of nitrogens with zero attached hydrogens (tertiary/aromatic N) is 4. The van der Waals surface area contributed by atoms with Crippen LogP contribution in [0, 0.1) is 5.82 Å². The van der Waals surface area contributed by atoms with Crippen molar-refractivity contribution in [1.82, 2.24) is 30.3 Å². The number of piperidine rings is 1. The van der Waals surface area contributed by atoms with Crippen molar-refractivity contribution >= 4 is 34.6 Å². The number of hydrogen-bond acceptors (Lipinski definition) is 7. The molecule has 0 aliphatic carbocycles. The average Bonchev–Trinajstić information content (AvgIpc) is 3.57. The molecule has 0 spiro atoms. The molecule has 0 saturated carbocycles. The molecule has 12 heteroatoms. The number of aromatic amines is 1. The van der Waals surface area contributed by atoms with E-state index in [1.54, 1.807) is 12.1 Å². The normalized spacial score (nSPS) is 21.8. The number of carbonyl (C=O) groups excluding carboxylic acids is 3. The summed E-state index contributed by atoms with van der Waals surface area (Å²) in [6, 6.07) is 4.12. The number of carbonyl (C=O) groups is 3. The number of nitrogens with one attached hydrogen (secondary N) is 3. The Morgan fingerprint density at radius 3 is 2.69 bits per heavy atom. The Bertz CT molecular complexity index is 1500. The van der Waals surface area contributed by atoms with Crippen LogP contribution in [0.1, 0.15) is 54.6 Å². The molecular weight excluding hydrogens is 508 g/mol. The predicted octanol–water partition coefficient (Wildman–Crippen LogP) is 2.89. The van der Waals surface area contributed by atoms with Crippen molar-refractivity contribution in [2.45, 2.75) is 64.5 Å². The highest BCUT2D eigenvalue weighted by atomic mass is 19.1. The van der Waals surface area contributed by atoms with Gasteiger partial charge in [-0.1, -0.05) is 0 Å². The van der Waals surface area contributed by atoms with Crippen LogP contribution in [0.3, 0.4) is 0 Å². The van der Waals surface area contributed by atoms with Gasteiger partial charge in [-0.15, -0.1) is 0 Å². The number of anilines is 1. The summed E-state index contributed by atoms with van der Waals surface area (Å²) >= 11 is 0. The number of alkyl halides is 1. The number of likely N-dealkylation sites (tertiary alicyclic amines) is 1. The maximum absolute atomic E-state index is 16.1. The highest BCUT2D eigenvalue weighted by Gasteiger charge is 2.40. The lowest BCUT2D eigenvalue weighted by Crippen LogP contribution is -2.52. The topological polar surface area (TPSA) is 123 Å². The molecule has 2 atom stereocenters. The van der Waals surface area contributed by atoms with Crippen molar-refractivity contribution < 1.29 is 23.2 Å². The fraction of sp³-hybridized carbons (Fsp3) is 0.444. The molecule has 2 aromatic heterocycles. The molecule has 3 amide bonds. The molecular formula is C27H29F2N7O3. The van der Waals surface area contributed by atoms with Crippen molar-refractivity contribution in [3.8, 4) is 11.3 Å². The van der Waals surface area contributed by atoms with Crippen molar-refractivity contribution in [2.75, 3.05) is 18.4 Å². The third kappa shape index (κ3) is 4.52. The second-order valence-corrected chi connectivity index (χ2v) is 10.7. The summed E-state index contributed by atoms with van der Waals surface area (Å²) in [5.74, 6) is -1.42. The number of aromatic nitrogens is 3. The molecule has 0 bridgehead atoms. The van der Waals surface area contributed by atoms with E-state index in [0.29, 0.717) is 48.6 Å². The Morgan fingerprint density at radius 1 is 1.18 bits per heavy atom. The van der Waals surface area contributed by atoms with Gasteiger partial charge in [0.1, 0.15) is 23.5 Å². The van der Waals surface area contributed by atoms with Crippen LogP contribution in [0.2, 0.25) is 0 Å². The molecule has 204 valence electrons. The SMILES string of the molecule is CC(C)Nc1n[nH]c2c(CN3CCC(F)C3)cc(-c3ccc4c(c3F)CN(C3CCC(=O)NC3=O)C4=O)nc12. The fourth-order valence-corrected chi connectivity index (χ4v) is 5.67. The van der Waals surface area contributed by atoms with Crippen molar-refractivity contribution in [3.05, 3.63) is 40.7 Å². The quantitative estimate of drug-likeness (QED) is 0.413. The van der Waals surface area contributed by atoms with Crippen LogP contribution in [0.5, 0.6) is 0 Å². The molecule has 2 unspecified atom stereocenters. The predicted molar refractivity (Wildman–Crippen MR) is 139 cm³/mol. The number of H-pyrrole nitrogens is 1. The Hall–Kier alpha value is -3.93. The molecule has 6 rings (SSSR count). The van der Waals surface area contributed by atoms with Gasteiger partial charge in [0.25, 0.3) is 5.91 Å². The Morgan fingerprint density at radius 2 is 1.97 bits per heavy atom. The molecule has 1 aromatic carbocycles. The summed E-state index contributed by atoms with van der Waals surface area (Å²) < 4.78 is 30.0. The number of hydrogen-bond donors (Lipinski definition) is 3. The van der Waals surface area contributed by atoms with Gasteiger partial charge in [0, 0.05) is 48.8 Å². The zero-order chi connectivity index (χ0) is 27.4. The average molecular weight is 538 g/mol. The van der Waals surface area contributed by atoms with Crippen LogP contribution in [0.25, 0.3) is 22.3 Å². The smallest absolute Gasteiger partial charge is 0.255 e. The number of imide groups is 1. The number of rotatable bonds is 6. The Balaban J connectivity index is 1.39. The first kappa shape index (κ1) is 25.4. The number of benzene rings is 1. The van der Waals surface area contributed by atoms with Crippen molar-refractivity contribution in [1.29, 1.82) is 0 Å². The largest absolute Gasteiger partial charge is 0.365 e. The van der Waals surface area contributed by atoms with E-state index in [4.69, 9.17) is 4.98 Å². The minimum Gasteiger partial charge on any atom is -0.365 e. The molecule has 0 radical (unpaired) electrons. The Labute approximate surface area is 223 Å². The standard InChI is InChI=1S/C27H29F2N7O3/c1-13(2)30-25-24-23(33-34-25)14(10-35-8-7-15(28)11-35)9-19(31-24)17-4-3-16-18(22(17)29)12-36(27(16)39)20-5-6-21(37)32-26(20)38/h3-4,9,13,15,20H,5-8,10-12H2,1-2H3,(H2,30,33,34)(H,32,37,38). The maximum atomic E-state index is 16.1. The number of pyridine rings is 1. The van der Waals surface area contributed by atoms with E-state index in [1.165, 1.54) is 11.0 Å². The first-order valence-electron chi connectivity index (χ1n) is 13.2. The zero-order valence-corrected chi connectivity index (χ0v) is 21.7. The molecule has 10 nitrogen and oxygen atoms in total. The maximum Gasteiger partial charge on any atom is 0.255 e. The van der Waals surface area contributed by atoms with E-state index in [0.717, 1.165) is 5.56 Å². The summed E-state index contributed by atoms with van der Waals surface area (Å²) in [5.41, 5.74) is 3.04. The van der Waals surface area contributed by atoms with Gasteiger partial charge in [-0.3, -0.25) is 29.7 Å². The van der Waals surface area contributed by atoms with Crippen molar-refractivity contribution in [3.63, 3.8) is 0 Å². The second-order valence-electron chi connectivity index (χ2n) is 10.7. The summed E-state index contributed by atoms with van der Waals surface area (Å²) in [6.45, 7) is 5.27. The van der Waals surface area contributed by atoms with Gasteiger partial charge in [0.15, 0.2) is 5.82 Å².